The Bertz CT molecular complexity index is 376. The van der Waals surface area contributed by atoms with Gasteiger partial charge >= 0.3 is 0 Å². The number of anilines is 1. The van der Waals surface area contributed by atoms with Gasteiger partial charge in [-0.15, -0.1) is 0 Å². The standard InChI is InChI=1S/C10H12N2O2/c1-6(13)12-7-2-3-8-9(11)5-14-10(8)4-7/h2-4,9H,5,11H2,1H3,(H,12,13). The van der Waals surface area contributed by atoms with E-state index in [1.54, 1.807) is 6.07 Å². The molecule has 0 spiro atoms. The lowest BCUT2D eigenvalue weighted by atomic mass is 10.1. The van der Waals surface area contributed by atoms with Crippen LogP contribution in [0.1, 0.15) is 18.5 Å². The van der Waals surface area contributed by atoms with E-state index in [0.29, 0.717) is 6.61 Å². The normalized spacial score (nSPS) is 18.6. The molecular weight excluding hydrogens is 180 g/mol. The second-order valence-electron chi connectivity index (χ2n) is 3.35. The molecule has 0 bridgehead atoms. The molecule has 14 heavy (non-hydrogen) atoms. The summed E-state index contributed by atoms with van der Waals surface area (Å²) in [6.45, 7) is 1.98. The summed E-state index contributed by atoms with van der Waals surface area (Å²) in [5.41, 5.74) is 7.53. The average molecular weight is 192 g/mol. The molecular formula is C10H12N2O2. The molecule has 1 atom stereocenters. The van der Waals surface area contributed by atoms with E-state index in [2.05, 4.69) is 5.32 Å². The second-order valence-corrected chi connectivity index (χ2v) is 3.35. The fourth-order valence-electron chi connectivity index (χ4n) is 1.52. The van der Waals surface area contributed by atoms with E-state index < -0.39 is 0 Å². The lowest BCUT2D eigenvalue weighted by molar-refractivity contribution is -0.114. The first-order chi connectivity index (χ1) is 6.66. The highest BCUT2D eigenvalue weighted by Crippen LogP contribution is 2.32. The van der Waals surface area contributed by atoms with Gasteiger partial charge < -0.3 is 15.8 Å². The number of hydrogen-bond acceptors (Lipinski definition) is 3. The van der Waals surface area contributed by atoms with Crippen molar-refractivity contribution < 1.29 is 9.53 Å². The van der Waals surface area contributed by atoms with Gasteiger partial charge in [0.2, 0.25) is 5.91 Å². The Morgan fingerprint density at radius 2 is 2.43 bits per heavy atom. The molecule has 0 saturated heterocycles. The molecule has 0 fully saturated rings. The zero-order chi connectivity index (χ0) is 10.1. The Kier molecular flexibility index (Phi) is 2.13. The molecule has 1 heterocycles. The van der Waals surface area contributed by atoms with E-state index in [4.69, 9.17) is 10.5 Å². The van der Waals surface area contributed by atoms with Gasteiger partial charge in [-0.25, -0.2) is 0 Å². The minimum atomic E-state index is -0.0905. The highest BCUT2D eigenvalue weighted by molar-refractivity contribution is 5.89. The number of rotatable bonds is 1. The summed E-state index contributed by atoms with van der Waals surface area (Å²) >= 11 is 0. The minimum absolute atomic E-state index is 0.0450. The zero-order valence-electron chi connectivity index (χ0n) is 7.91. The Morgan fingerprint density at radius 3 is 3.14 bits per heavy atom. The van der Waals surface area contributed by atoms with Crippen LogP contribution in [-0.2, 0) is 4.79 Å². The third-order valence-electron chi connectivity index (χ3n) is 2.15. The minimum Gasteiger partial charge on any atom is -0.491 e. The first-order valence-corrected chi connectivity index (χ1v) is 4.47. The maximum Gasteiger partial charge on any atom is 0.221 e. The van der Waals surface area contributed by atoms with Crippen LogP contribution in [0.3, 0.4) is 0 Å². The largest absolute Gasteiger partial charge is 0.491 e. The number of hydrogen-bond donors (Lipinski definition) is 2. The monoisotopic (exact) mass is 192 g/mol. The number of amides is 1. The van der Waals surface area contributed by atoms with Crippen molar-refractivity contribution in [2.45, 2.75) is 13.0 Å². The SMILES string of the molecule is CC(=O)Nc1ccc2c(c1)OCC2N. The number of nitrogens with one attached hydrogen (secondary N) is 1. The van der Waals surface area contributed by atoms with Crippen LogP contribution >= 0.6 is 0 Å². The van der Waals surface area contributed by atoms with E-state index in [-0.39, 0.29) is 11.9 Å². The van der Waals surface area contributed by atoms with Crippen LogP contribution in [0, 0.1) is 0 Å². The maximum absolute atomic E-state index is 10.8. The lowest BCUT2D eigenvalue weighted by Gasteiger charge is -2.04. The Morgan fingerprint density at radius 1 is 1.64 bits per heavy atom. The topological polar surface area (TPSA) is 64.3 Å². The van der Waals surface area contributed by atoms with Crippen molar-refractivity contribution in [3.63, 3.8) is 0 Å². The van der Waals surface area contributed by atoms with Crippen molar-refractivity contribution in [3.8, 4) is 5.75 Å². The van der Waals surface area contributed by atoms with Crippen molar-refractivity contribution in [1.29, 1.82) is 0 Å². The van der Waals surface area contributed by atoms with E-state index in [1.807, 2.05) is 12.1 Å². The van der Waals surface area contributed by atoms with Crippen molar-refractivity contribution >= 4 is 11.6 Å². The predicted octanol–water partition coefficient (Wildman–Crippen LogP) is 1.04. The Labute approximate surface area is 82.1 Å². The van der Waals surface area contributed by atoms with Gasteiger partial charge in [-0.3, -0.25) is 4.79 Å². The van der Waals surface area contributed by atoms with Crippen LogP contribution in [-0.4, -0.2) is 12.5 Å². The second kappa shape index (κ2) is 3.31. The summed E-state index contributed by atoms with van der Waals surface area (Å²) in [4.78, 5) is 10.8. The summed E-state index contributed by atoms with van der Waals surface area (Å²) in [6, 6.07) is 5.47. The molecule has 3 N–H and O–H groups in total. The number of carbonyl (C=O) groups is 1. The Balaban J connectivity index is 2.28. The summed E-state index contributed by atoms with van der Waals surface area (Å²) in [7, 11) is 0. The fourth-order valence-corrected chi connectivity index (χ4v) is 1.52. The van der Waals surface area contributed by atoms with Gasteiger partial charge in [-0.05, 0) is 6.07 Å². The highest BCUT2D eigenvalue weighted by atomic mass is 16.5. The van der Waals surface area contributed by atoms with Crippen LogP contribution in [0.5, 0.6) is 5.75 Å². The molecule has 4 nitrogen and oxygen atoms in total. The smallest absolute Gasteiger partial charge is 0.221 e. The van der Waals surface area contributed by atoms with Gasteiger partial charge in [0.15, 0.2) is 0 Å². The number of ether oxygens (including phenoxy) is 1. The van der Waals surface area contributed by atoms with Crippen molar-refractivity contribution in [3.05, 3.63) is 23.8 Å². The number of benzene rings is 1. The summed E-state index contributed by atoms with van der Waals surface area (Å²) in [5, 5.41) is 2.69. The molecule has 74 valence electrons. The fraction of sp³-hybridized carbons (Fsp3) is 0.300. The maximum atomic E-state index is 10.8. The summed E-state index contributed by atoms with van der Waals surface area (Å²) in [5.74, 6) is 0.677. The molecule has 1 aliphatic rings. The molecule has 2 rings (SSSR count). The van der Waals surface area contributed by atoms with Crippen LogP contribution in [0.2, 0.25) is 0 Å². The van der Waals surface area contributed by atoms with Crippen molar-refractivity contribution in [1.82, 2.24) is 0 Å². The number of fused-ring (bicyclic) bond motifs is 1. The van der Waals surface area contributed by atoms with E-state index in [0.717, 1.165) is 17.0 Å². The molecule has 1 unspecified atom stereocenters. The van der Waals surface area contributed by atoms with Crippen molar-refractivity contribution in [2.75, 3.05) is 11.9 Å². The molecule has 0 saturated carbocycles. The molecule has 0 aromatic heterocycles. The first kappa shape index (κ1) is 9.02. The third kappa shape index (κ3) is 1.56. The zero-order valence-corrected chi connectivity index (χ0v) is 7.91. The highest BCUT2D eigenvalue weighted by Gasteiger charge is 2.20. The lowest BCUT2D eigenvalue weighted by Crippen LogP contribution is -2.10. The van der Waals surface area contributed by atoms with Crippen LogP contribution in [0.25, 0.3) is 0 Å². The van der Waals surface area contributed by atoms with Crippen LogP contribution in [0.4, 0.5) is 5.69 Å². The molecule has 0 radical (unpaired) electrons. The van der Waals surface area contributed by atoms with Gasteiger partial charge in [0.05, 0.1) is 6.04 Å². The van der Waals surface area contributed by atoms with Gasteiger partial charge in [-0.2, -0.15) is 0 Å². The van der Waals surface area contributed by atoms with Gasteiger partial charge in [0, 0.05) is 24.2 Å². The van der Waals surface area contributed by atoms with E-state index in [1.165, 1.54) is 6.92 Å². The average Bonchev–Trinajstić information content (AvgIpc) is 2.46. The molecule has 1 aliphatic heterocycles. The third-order valence-corrected chi connectivity index (χ3v) is 2.15. The molecule has 4 heteroatoms. The van der Waals surface area contributed by atoms with Gasteiger partial charge in [0.1, 0.15) is 12.4 Å². The van der Waals surface area contributed by atoms with Crippen LogP contribution in [0.15, 0.2) is 18.2 Å². The van der Waals surface area contributed by atoms with Gasteiger partial charge in [-0.1, -0.05) is 6.07 Å². The van der Waals surface area contributed by atoms with E-state index in [9.17, 15) is 4.79 Å². The van der Waals surface area contributed by atoms with Gasteiger partial charge in [0.25, 0.3) is 0 Å². The first-order valence-electron chi connectivity index (χ1n) is 4.47. The number of carbonyl (C=O) groups excluding carboxylic acids is 1. The molecule has 1 aromatic carbocycles. The summed E-state index contributed by atoms with van der Waals surface area (Å²) in [6.07, 6.45) is 0. The predicted molar refractivity (Wildman–Crippen MR) is 53.2 cm³/mol. The van der Waals surface area contributed by atoms with Crippen LogP contribution < -0.4 is 15.8 Å². The molecule has 0 aliphatic carbocycles. The number of nitrogens with two attached hydrogens (primary N) is 1. The summed E-state index contributed by atoms with van der Waals surface area (Å²) < 4.78 is 5.36. The van der Waals surface area contributed by atoms with Crippen molar-refractivity contribution in [2.24, 2.45) is 5.73 Å². The Hall–Kier alpha value is -1.55. The molecule has 1 amide bonds. The molecule has 1 aromatic rings. The quantitative estimate of drug-likeness (QED) is 0.698. The van der Waals surface area contributed by atoms with E-state index >= 15 is 0 Å².